The second-order valence-electron chi connectivity index (χ2n) is 4.11. The number of nitrogens with zero attached hydrogens (tertiary/aromatic N) is 2. The third-order valence-electron chi connectivity index (χ3n) is 2.93. The predicted molar refractivity (Wildman–Crippen MR) is 63.6 cm³/mol. The van der Waals surface area contributed by atoms with Crippen LogP contribution in [0.2, 0.25) is 0 Å². The van der Waals surface area contributed by atoms with Crippen LogP contribution < -0.4 is 0 Å². The number of carboxylic acids is 1. The molecule has 96 valence electrons. The molecule has 1 aliphatic rings. The van der Waals surface area contributed by atoms with Crippen LogP contribution >= 0.6 is 0 Å². The second-order valence-corrected chi connectivity index (χ2v) is 4.11. The average molecular weight is 262 g/mol. The fraction of sp³-hybridized carbons (Fsp3) is 0.0769. The van der Waals surface area contributed by atoms with Gasteiger partial charge in [-0.15, -0.1) is 0 Å². The number of rotatable bonds is 2. The van der Waals surface area contributed by atoms with Crippen LogP contribution in [-0.4, -0.2) is 20.6 Å². The lowest BCUT2D eigenvalue weighted by atomic mass is 10.1. The molecule has 0 saturated heterocycles. The molecule has 1 N–H and O–H groups in total. The van der Waals surface area contributed by atoms with Crippen LogP contribution in [-0.2, 0) is 6.42 Å². The molecular weight excluding hydrogens is 254 g/mol. The summed E-state index contributed by atoms with van der Waals surface area (Å²) < 4.78 is 28.0. The number of imidazole rings is 1. The lowest BCUT2D eigenvalue weighted by Gasteiger charge is -2.03. The van der Waals surface area contributed by atoms with Gasteiger partial charge in [-0.25, -0.2) is 18.6 Å². The van der Waals surface area contributed by atoms with Gasteiger partial charge in [-0.3, -0.25) is 4.57 Å². The van der Waals surface area contributed by atoms with Crippen molar-refractivity contribution in [1.29, 1.82) is 0 Å². The van der Waals surface area contributed by atoms with Gasteiger partial charge in [0.2, 0.25) is 0 Å². The Balaban J connectivity index is 2.26. The van der Waals surface area contributed by atoms with Gasteiger partial charge in [-0.1, -0.05) is 6.08 Å². The van der Waals surface area contributed by atoms with Gasteiger partial charge in [-0.2, -0.15) is 0 Å². The summed E-state index contributed by atoms with van der Waals surface area (Å²) in [6, 6.07) is 2.98. The standard InChI is InChI=1S/C13H8F2N2O2/c14-7-3-4-8(9(15)6-7)11-12(13(18)19)17-5-1-2-10(17)16-11/h1,3-6H,2H2,(H,18,19). The maximum atomic E-state index is 13.7. The van der Waals surface area contributed by atoms with Crippen molar-refractivity contribution < 1.29 is 18.7 Å². The van der Waals surface area contributed by atoms with Crippen LogP contribution in [0.3, 0.4) is 0 Å². The first-order valence-corrected chi connectivity index (χ1v) is 5.54. The fourth-order valence-electron chi connectivity index (χ4n) is 2.12. The summed E-state index contributed by atoms with van der Waals surface area (Å²) in [5.74, 6) is -2.23. The first-order chi connectivity index (χ1) is 9.08. The molecule has 3 rings (SSSR count). The zero-order chi connectivity index (χ0) is 13.6. The number of aromatic carboxylic acids is 1. The molecule has 1 aromatic carbocycles. The quantitative estimate of drug-likeness (QED) is 0.904. The van der Waals surface area contributed by atoms with Crippen molar-refractivity contribution in [3.05, 3.63) is 47.4 Å². The smallest absolute Gasteiger partial charge is 0.355 e. The summed E-state index contributed by atoms with van der Waals surface area (Å²) in [7, 11) is 0. The Labute approximate surface area is 106 Å². The van der Waals surface area contributed by atoms with E-state index < -0.39 is 17.6 Å². The lowest BCUT2D eigenvalue weighted by Crippen LogP contribution is -2.05. The number of fused-ring (bicyclic) bond motifs is 1. The zero-order valence-corrected chi connectivity index (χ0v) is 9.60. The molecule has 19 heavy (non-hydrogen) atoms. The Morgan fingerprint density at radius 3 is 2.84 bits per heavy atom. The highest BCUT2D eigenvalue weighted by Crippen LogP contribution is 2.29. The molecule has 0 bridgehead atoms. The Bertz CT molecular complexity index is 720. The molecule has 4 nitrogen and oxygen atoms in total. The molecule has 0 atom stereocenters. The maximum absolute atomic E-state index is 13.7. The number of hydrogen-bond donors (Lipinski definition) is 1. The maximum Gasteiger partial charge on any atom is 0.355 e. The Morgan fingerprint density at radius 1 is 1.37 bits per heavy atom. The molecule has 0 radical (unpaired) electrons. The Kier molecular flexibility index (Phi) is 2.45. The summed E-state index contributed by atoms with van der Waals surface area (Å²) in [5.41, 5.74) is -0.118. The van der Waals surface area contributed by atoms with Crippen molar-refractivity contribution in [2.45, 2.75) is 6.42 Å². The lowest BCUT2D eigenvalue weighted by molar-refractivity contribution is 0.0689. The number of aromatic nitrogens is 2. The molecule has 2 heterocycles. The van der Waals surface area contributed by atoms with Gasteiger partial charge in [0.05, 0.1) is 0 Å². The number of carboxylic acid groups (broad SMARTS) is 1. The molecular formula is C13H8F2N2O2. The van der Waals surface area contributed by atoms with Crippen LogP contribution in [0.25, 0.3) is 17.5 Å². The highest BCUT2D eigenvalue weighted by atomic mass is 19.1. The molecule has 0 spiro atoms. The van der Waals surface area contributed by atoms with Crippen LogP contribution in [0.4, 0.5) is 8.78 Å². The van der Waals surface area contributed by atoms with Gasteiger partial charge in [0.15, 0.2) is 5.69 Å². The van der Waals surface area contributed by atoms with Crippen LogP contribution in [0.1, 0.15) is 16.3 Å². The van der Waals surface area contributed by atoms with E-state index in [1.165, 1.54) is 10.6 Å². The van der Waals surface area contributed by atoms with Crippen molar-refractivity contribution in [1.82, 2.24) is 9.55 Å². The minimum atomic E-state index is -1.20. The van der Waals surface area contributed by atoms with Crippen LogP contribution in [0.5, 0.6) is 0 Å². The van der Waals surface area contributed by atoms with Crippen molar-refractivity contribution in [3.8, 4) is 11.3 Å². The van der Waals surface area contributed by atoms with E-state index in [2.05, 4.69) is 4.98 Å². The van der Waals surface area contributed by atoms with Crippen LogP contribution in [0, 0.1) is 11.6 Å². The molecule has 1 aliphatic heterocycles. The van der Waals surface area contributed by atoms with E-state index >= 15 is 0 Å². The van der Waals surface area contributed by atoms with Crippen molar-refractivity contribution in [2.24, 2.45) is 0 Å². The Morgan fingerprint density at radius 2 is 2.16 bits per heavy atom. The molecule has 6 heteroatoms. The molecule has 0 aliphatic carbocycles. The van der Waals surface area contributed by atoms with Crippen LogP contribution in [0.15, 0.2) is 24.3 Å². The molecule has 2 aromatic rings. The van der Waals surface area contributed by atoms with Crippen molar-refractivity contribution in [2.75, 3.05) is 0 Å². The van der Waals surface area contributed by atoms with Gasteiger partial charge >= 0.3 is 5.97 Å². The molecule has 0 fully saturated rings. The summed E-state index contributed by atoms with van der Waals surface area (Å²) in [5, 5.41) is 9.23. The fourth-order valence-corrected chi connectivity index (χ4v) is 2.12. The van der Waals surface area contributed by atoms with Gasteiger partial charge in [-0.05, 0) is 12.1 Å². The highest BCUT2D eigenvalue weighted by molar-refractivity contribution is 5.94. The first-order valence-electron chi connectivity index (χ1n) is 5.54. The van der Waals surface area contributed by atoms with Gasteiger partial charge in [0.25, 0.3) is 0 Å². The van der Waals surface area contributed by atoms with Crippen molar-refractivity contribution >= 4 is 12.2 Å². The summed E-state index contributed by atoms with van der Waals surface area (Å²) >= 11 is 0. The summed E-state index contributed by atoms with van der Waals surface area (Å²) in [6.45, 7) is 0. The number of halogens is 2. The third-order valence-corrected chi connectivity index (χ3v) is 2.93. The zero-order valence-electron chi connectivity index (χ0n) is 9.60. The van der Waals surface area contributed by atoms with Gasteiger partial charge < -0.3 is 5.11 Å². The molecule has 1 aromatic heterocycles. The van der Waals surface area contributed by atoms with E-state index in [0.717, 1.165) is 6.07 Å². The number of hydrogen-bond acceptors (Lipinski definition) is 2. The summed E-state index contributed by atoms with van der Waals surface area (Å²) in [6.07, 6.45) is 3.83. The summed E-state index contributed by atoms with van der Waals surface area (Å²) in [4.78, 5) is 15.4. The minimum Gasteiger partial charge on any atom is -0.476 e. The number of carbonyl (C=O) groups is 1. The average Bonchev–Trinajstić information content (AvgIpc) is 2.87. The SMILES string of the molecule is O=C(O)c1c(-c2ccc(F)cc2F)nc2n1C=CC2. The van der Waals surface area contributed by atoms with E-state index in [1.54, 1.807) is 12.3 Å². The number of allylic oxidation sites excluding steroid dienone is 1. The van der Waals surface area contributed by atoms with E-state index in [4.69, 9.17) is 0 Å². The topological polar surface area (TPSA) is 55.1 Å². The van der Waals surface area contributed by atoms with Gasteiger partial charge in [0.1, 0.15) is 23.2 Å². The third kappa shape index (κ3) is 1.72. The first kappa shape index (κ1) is 11.6. The van der Waals surface area contributed by atoms with E-state index in [-0.39, 0.29) is 17.0 Å². The number of benzene rings is 1. The van der Waals surface area contributed by atoms with Crippen molar-refractivity contribution in [3.63, 3.8) is 0 Å². The largest absolute Gasteiger partial charge is 0.476 e. The minimum absolute atomic E-state index is 0.0179. The van der Waals surface area contributed by atoms with E-state index in [1.807, 2.05) is 0 Å². The predicted octanol–water partition coefficient (Wildman–Crippen LogP) is 2.55. The molecule has 0 saturated carbocycles. The monoisotopic (exact) mass is 262 g/mol. The molecule has 0 amide bonds. The van der Waals surface area contributed by atoms with Gasteiger partial charge in [0, 0.05) is 24.3 Å². The normalized spacial score (nSPS) is 12.7. The Hall–Kier alpha value is -2.50. The van der Waals surface area contributed by atoms with E-state index in [0.29, 0.717) is 18.3 Å². The highest BCUT2D eigenvalue weighted by Gasteiger charge is 2.25. The second kappa shape index (κ2) is 4.01. The molecule has 0 unspecified atom stereocenters. The van der Waals surface area contributed by atoms with E-state index in [9.17, 15) is 18.7 Å².